The third-order valence-electron chi connectivity index (χ3n) is 7.30. The molecule has 0 unspecified atom stereocenters. The Balaban J connectivity index is 1.20. The molecule has 1 N–H and O–H groups in total. The van der Waals surface area contributed by atoms with Crippen LogP contribution in [0, 0.1) is 11.8 Å². The summed E-state index contributed by atoms with van der Waals surface area (Å²) in [4.78, 5) is 40.9. The van der Waals surface area contributed by atoms with E-state index < -0.39 is 5.91 Å². The summed E-state index contributed by atoms with van der Waals surface area (Å²) < 4.78 is 6.10. The lowest BCUT2D eigenvalue weighted by Crippen LogP contribution is -2.33. The lowest BCUT2D eigenvalue weighted by molar-refractivity contribution is -0.122. The molecule has 1 aliphatic heterocycles. The van der Waals surface area contributed by atoms with E-state index >= 15 is 0 Å². The fourth-order valence-electron chi connectivity index (χ4n) is 5.35. The van der Waals surface area contributed by atoms with Crippen LogP contribution in [0.5, 0.6) is 11.5 Å². The Kier molecular flexibility index (Phi) is 6.00. The van der Waals surface area contributed by atoms with Crippen LogP contribution in [0.1, 0.15) is 30.1 Å². The van der Waals surface area contributed by atoms with Crippen molar-refractivity contribution in [2.45, 2.75) is 19.8 Å². The molecule has 1 heterocycles. The summed E-state index contributed by atoms with van der Waals surface area (Å²) in [7, 11) is 0. The second-order valence-corrected chi connectivity index (χ2v) is 9.79. The van der Waals surface area contributed by atoms with Gasteiger partial charge in [0.05, 0.1) is 23.1 Å². The lowest BCUT2D eigenvalue weighted by Gasteiger charge is -2.19. The number of carbonyl (C=O) groups excluding carboxylic acids is 3. The van der Waals surface area contributed by atoms with E-state index in [9.17, 15) is 14.4 Å². The van der Waals surface area contributed by atoms with Crippen molar-refractivity contribution >= 4 is 39.9 Å². The standard InChI is InChI=1S/C32H26N2O4/c1-20-13-18-25-27(19-20)32(37)34(31(25)36)28-11-5-4-10-26(28)30(35)33-22-14-16-23(17-15-22)38-29-12-6-8-21-7-2-3-9-24(21)29/h2-17,25,27H,18-19H2,1H3,(H,33,35)/t25-,27+/m1/s1. The van der Waals surface area contributed by atoms with Crippen molar-refractivity contribution in [1.82, 2.24) is 0 Å². The maximum absolute atomic E-state index is 13.3. The summed E-state index contributed by atoms with van der Waals surface area (Å²) in [5.41, 5.74) is 2.28. The van der Waals surface area contributed by atoms with Crippen LogP contribution >= 0.6 is 0 Å². The molecule has 1 aliphatic carbocycles. The number of allylic oxidation sites excluding steroid dienone is 2. The number of carbonyl (C=O) groups is 3. The van der Waals surface area contributed by atoms with E-state index in [1.807, 2.05) is 55.5 Å². The quantitative estimate of drug-likeness (QED) is 0.243. The van der Waals surface area contributed by atoms with Gasteiger partial charge in [0, 0.05) is 11.1 Å². The number of rotatable bonds is 5. The van der Waals surface area contributed by atoms with Crippen molar-refractivity contribution in [3.8, 4) is 11.5 Å². The van der Waals surface area contributed by atoms with E-state index in [0.29, 0.717) is 30.0 Å². The van der Waals surface area contributed by atoms with Gasteiger partial charge in [0.25, 0.3) is 5.91 Å². The molecule has 6 heteroatoms. The van der Waals surface area contributed by atoms with Gasteiger partial charge in [-0.25, -0.2) is 4.90 Å². The predicted molar refractivity (Wildman–Crippen MR) is 147 cm³/mol. The molecule has 6 nitrogen and oxygen atoms in total. The zero-order valence-electron chi connectivity index (χ0n) is 20.9. The van der Waals surface area contributed by atoms with Gasteiger partial charge in [-0.2, -0.15) is 0 Å². The van der Waals surface area contributed by atoms with Crippen LogP contribution in [0.2, 0.25) is 0 Å². The highest BCUT2D eigenvalue weighted by Gasteiger charge is 2.49. The largest absolute Gasteiger partial charge is 0.457 e. The normalized spacial score (nSPS) is 18.8. The number of fused-ring (bicyclic) bond motifs is 2. The Morgan fingerprint density at radius 2 is 1.55 bits per heavy atom. The van der Waals surface area contributed by atoms with Gasteiger partial charge in [0.1, 0.15) is 11.5 Å². The topological polar surface area (TPSA) is 75.7 Å². The molecule has 0 saturated carbocycles. The average Bonchev–Trinajstić information content (AvgIpc) is 3.18. The van der Waals surface area contributed by atoms with Crippen molar-refractivity contribution in [1.29, 1.82) is 0 Å². The predicted octanol–water partition coefficient (Wildman–Crippen LogP) is 6.73. The van der Waals surface area contributed by atoms with Gasteiger partial charge in [0.15, 0.2) is 0 Å². The molecule has 0 aromatic heterocycles. The van der Waals surface area contributed by atoms with Gasteiger partial charge in [-0.3, -0.25) is 14.4 Å². The monoisotopic (exact) mass is 502 g/mol. The van der Waals surface area contributed by atoms with Gasteiger partial charge < -0.3 is 10.1 Å². The molecule has 3 amide bonds. The van der Waals surface area contributed by atoms with Crippen molar-refractivity contribution in [2.75, 3.05) is 10.2 Å². The van der Waals surface area contributed by atoms with E-state index in [1.54, 1.807) is 48.5 Å². The van der Waals surface area contributed by atoms with Crippen LogP contribution < -0.4 is 15.0 Å². The molecule has 0 bridgehead atoms. The summed E-state index contributed by atoms with van der Waals surface area (Å²) in [6.45, 7) is 1.98. The van der Waals surface area contributed by atoms with Gasteiger partial charge in [-0.1, -0.05) is 60.2 Å². The van der Waals surface area contributed by atoms with Crippen molar-refractivity contribution in [3.63, 3.8) is 0 Å². The first-order valence-corrected chi connectivity index (χ1v) is 12.7. The van der Waals surface area contributed by atoms with Crippen molar-refractivity contribution in [3.05, 3.63) is 108 Å². The Hall–Kier alpha value is -4.71. The number of nitrogens with zero attached hydrogens (tertiary/aromatic N) is 1. The van der Waals surface area contributed by atoms with Crippen LogP contribution in [0.25, 0.3) is 10.8 Å². The van der Waals surface area contributed by atoms with Gasteiger partial charge in [-0.05, 0) is 67.6 Å². The highest BCUT2D eigenvalue weighted by atomic mass is 16.5. The summed E-state index contributed by atoms with van der Waals surface area (Å²) >= 11 is 0. The molecule has 0 spiro atoms. The Morgan fingerprint density at radius 3 is 2.39 bits per heavy atom. The summed E-state index contributed by atoms with van der Waals surface area (Å²) in [5, 5.41) is 4.99. The second-order valence-electron chi connectivity index (χ2n) is 9.79. The summed E-state index contributed by atoms with van der Waals surface area (Å²) in [6.07, 6.45) is 3.16. The lowest BCUT2D eigenvalue weighted by atomic mass is 9.82. The number of amides is 3. The van der Waals surface area contributed by atoms with Gasteiger partial charge in [0.2, 0.25) is 11.8 Å². The fraction of sp³-hybridized carbons (Fsp3) is 0.156. The maximum Gasteiger partial charge on any atom is 0.257 e. The first-order chi connectivity index (χ1) is 18.5. The van der Waals surface area contributed by atoms with E-state index in [0.717, 1.165) is 22.1 Å². The molecule has 4 aromatic carbocycles. The fourth-order valence-corrected chi connectivity index (χ4v) is 5.35. The zero-order valence-corrected chi connectivity index (χ0v) is 20.9. The maximum atomic E-state index is 13.3. The first kappa shape index (κ1) is 23.7. The summed E-state index contributed by atoms with van der Waals surface area (Å²) in [6, 6.07) is 27.8. The minimum Gasteiger partial charge on any atom is -0.457 e. The molecule has 188 valence electrons. The molecular weight excluding hydrogens is 476 g/mol. The minimum atomic E-state index is -0.395. The molecule has 1 saturated heterocycles. The molecular formula is C32H26N2O4. The number of nitrogens with one attached hydrogen (secondary N) is 1. The summed E-state index contributed by atoms with van der Waals surface area (Å²) in [5.74, 6) is -0.205. The number of hydrogen-bond donors (Lipinski definition) is 1. The molecule has 6 rings (SSSR count). The van der Waals surface area contributed by atoms with Crippen LogP contribution in [0.4, 0.5) is 11.4 Å². The Morgan fingerprint density at radius 1 is 0.842 bits per heavy atom. The Bertz CT molecular complexity index is 1600. The first-order valence-electron chi connectivity index (χ1n) is 12.7. The van der Waals surface area contributed by atoms with E-state index in [2.05, 4.69) is 5.32 Å². The third-order valence-corrected chi connectivity index (χ3v) is 7.30. The van der Waals surface area contributed by atoms with Crippen LogP contribution in [0.3, 0.4) is 0 Å². The van der Waals surface area contributed by atoms with E-state index in [4.69, 9.17) is 4.74 Å². The van der Waals surface area contributed by atoms with Crippen LogP contribution in [0.15, 0.2) is 103 Å². The average molecular weight is 503 g/mol. The third kappa shape index (κ3) is 4.24. The number of anilines is 2. The minimum absolute atomic E-state index is 0.234. The molecule has 38 heavy (non-hydrogen) atoms. The molecule has 0 radical (unpaired) electrons. The molecule has 2 atom stereocenters. The number of ether oxygens (including phenoxy) is 1. The van der Waals surface area contributed by atoms with Crippen molar-refractivity contribution in [2.24, 2.45) is 11.8 Å². The van der Waals surface area contributed by atoms with Crippen LogP contribution in [-0.4, -0.2) is 17.7 Å². The SMILES string of the molecule is CC1=CC[C@H]2C(=O)N(c3ccccc3C(=O)Nc3ccc(Oc4cccc5ccccc45)cc3)C(=O)[C@H]2C1. The molecule has 4 aromatic rings. The molecule has 2 aliphatic rings. The van der Waals surface area contributed by atoms with E-state index in [1.165, 1.54) is 4.90 Å². The van der Waals surface area contributed by atoms with Crippen molar-refractivity contribution < 1.29 is 19.1 Å². The number of imide groups is 1. The number of hydrogen-bond acceptors (Lipinski definition) is 4. The zero-order chi connectivity index (χ0) is 26.2. The van der Waals surface area contributed by atoms with Crippen LogP contribution in [-0.2, 0) is 9.59 Å². The number of para-hydroxylation sites is 1. The Labute approximate surface area is 220 Å². The van der Waals surface area contributed by atoms with Gasteiger partial charge in [-0.15, -0.1) is 0 Å². The smallest absolute Gasteiger partial charge is 0.257 e. The molecule has 1 fully saturated rings. The highest BCUT2D eigenvalue weighted by Crippen LogP contribution is 2.40. The van der Waals surface area contributed by atoms with E-state index in [-0.39, 0.29) is 29.2 Å². The highest BCUT2D eigenvalue weighted by molar-refractivity contribution is 6.25. The van der Waals surface area contributed by atoms with Gasteiger partial charge >= 0.3 is 0 Å². The number of benzene rings is 4. The second kappa shape index (κ2) is 9.63.